The second-order valence-corrected chi connectivity index (χ2v) is 13.9. The molecule has 33 heavy (non-hydrogen) atoms. The lowest BCUT2D eigenvalue weighted by Crippen LogP contribution is -2.47. The number of nitrogens with zero attached hydrogens (tertiary/aromatic N) is 5. The van der Waals surface area contributed by atoms with E-state index in [-0.39, 0.29) is 17.5 Å². The lowest BCUT2D eigenvalue weighted by Gasteiger charge is -2.36. The maximum Gasteiger partial charge on any atom is 0.204 e. The molecule has 1 atom stereocenters. The molecule has 2 saturated heterocycles. The van der Waals surface area contributed by atoms with Crippen LogP contribution in [0, 0.1) is 13.8 Å². The third kappa shape index (κ3) is 4.19. The number of sulfone groups is 1. The summed E-state index contributed by atoms with van der Waals surface area (Å²) in [7, 11) is -2.95. The number of aryl methyl sites for hydroxylation is 1. The molecule has 1 N–H and O–H groups in total. The Kier molecular flexibility index (Phi) is 6.42. The molecule has 0 bridgehead atoms. The first-order valence-corrected chi connectivity index (χ1v) is 15.5. The lowest BCUT2D eigenvalue weighted by atomic mass is 10.2. The van der Waals surface area contributed by atoms with E-state index < -0.39 is 9.84 Å². The lowest BCUT2D eigenvalue weighted by molar-refractivity contribution is 0.485. The Labute approximate surface area is 225 Å². The number of hydrogen-bond acceptors (Lipinski definition) is 6. The Hall–Kier alpha value is -0.630. The SMILES string of the molecule is Cc1nn(C2CCS(=O)(=O)C2)c(C)c1N1CCN(c2nc3c(Br)c(Br)c(Br)c(Br)c3[nH]2)CC1. The molecule has 0 radical (unpaired) electrons. The number of aromatic nitrogens is 4. The molecular weight excluding hydrogens is 708 g/mol. The molecule has 8 nitrogen and oxygen atoms in total. The van der Waals surface area contributed by atoms with Gasteiger partial charge in [-0.3, -0.25) is 4.68 Å². The summed E-state index contributed by atoms with van der Waals surface area (Å²) in [5.41, 5.74) is 4.94. The van der Waals surface area contributed by atoms with Crippen LogP contribution in [0.1, 0.15) is 23.9 Å². The van der Waals surface area contributed by atoms with E-state index >= 15 is 0 Å². The second-order valence-electron chi connectivity index (χ2n) is 8.53. The number of fused-ring (bicyclic) bond motifs is 1. The molecule has 2 aromatic heterocycles. The molecule has 5 rings (SSSR count). The summed E-state index contributed by atoms with van der Waals surface area (Å²) in [5.74, 6) is 1.28. The maximum atomic E-state index is 12.0. The molecule has 0 aliphatic carbocycles. The van der Waals surface area contributed by atoms with Gasteiger partial charge in [0, 0.05) is 35.1 Å². The molecule has 0 amide bonds. The zero-order valence-electron chi connectivity index (χ0n) is 18.0. The van der Waals surface area contributed by atoms with E-state index in [0.29, 0.717) is 6.42 Å². The molecule has 1 unspecified atom stereocenters. The number of piperazine rings is 1. The van der Waals surface area contributed by atoms with Crippen molar-refractivity contribution in [1.29, 1.82) is 0 Å². The fourth-order valence-corrected chi connectivity index (χ4v) is 8.79. The first kappa shape index (κ1) is 24.1. The molecule has 3 aromatic rings. The summed E-state index contributed by atoms with van der Waals surface area (Å²) >= 11 is 14.5. The van der Waals surface area contributed by atoms with Crippen molar-refractivity contribution in [3.8, 4) is 0 Å². The van der Waals surface area contributed by atoms with E-state index in [1.165, 1.54) is 0 Å². The van der Waals surface area contributed by atoms with Gasteiger partial charge in [0.25, 0.3) is 0 Å². The minimum Gasteiger partial charge on any atom is -0.365 e. The van der Waals surface area contributed by atoms with Gasteiger partial charge in [-0.2, -0.15) is 5.10 Å². The molecule has 2 aliphatic heterocycles. The van der Waals surface area contributed by atoms with Gasteiger partial charge in [0.1, 0.15) is 5.52 Å². The molecule has 13 heteroatoms. The van der Waals surface area contributed by atoms with Gasteiger partial charge >= 0.3 is 0 Å². The van der Waals surface area contributed by atoms with Crippen LogP contribution >= 0.6 is 63.7 Å². The first-order valence-electron chi connectivity index (χ1n) is 10.5. The van der Waals surface area contributed by atoms with Crippen molar-refractivity contribution in [2.45, 2.75) is 26.3 Å². The average Bonchev–Trinajstić information content (AvgIpc) is 3.46. The Morgan fingerprint density at radius 2 is 1.58 bits per heavy atom. The van der Waals surface area contributed by atoms with E-state index in [1.807, 2.05) is 11.6 Å². The van der Waals surface area contributed by atoms with Crippen molar-refractivity contribution in [3.05, 3.63) is 29.3 Å². The zero-order valence-corrected chi connectivity index (χ0v) is 25.2. The van der Waals surface area contributed by atoms with E-state index in [2.05, 4.69) is 85.4 Å². The minimum atomic E-state index is -2.95. The molecule has 0 saturated carbocycles. The van der Waals surface area contributed by atoms with Gasteiger partial charge in [0.2, 0.25) is 5.95 Å². The Morgan fingerprint density at radius 1 is 0.939 bits per heavy atom. The number of hydrogen-bond donors (Lipinski definition) is 1. The van der Waals surface area contributed by atoms with Gasteiger partial charge in [-0.15, -0.1) is 0 Å². The predicted octanol–water partition coefficient (Wildman–Crippen LogP) is 5.11. The van der Waals surface area contributed by atoms with Gasteiger partial charge in [-0.05, 0) is 84.0 Å². The fraction of sp³-hybridized carbons (Fsp3) is 0.500. The van der Waals surface area contributed by atoms with Crippen molar-refractivity contribution in [2.75, 3.05) is 47.5 Å². The number of halogens is 4. The van der Waals surface area contributed by atoms with E-state index in [0.717, 1.165) is 78.1 Å². The highest BCUT2D eigenvalue weighted by molar-refractivity contribution is 9.15. The van der Waals surface area contributed by atoms with Gasteiger partial charge < -0.3 is 14.8 Å². The van der Waals surface area contributed by atoms with E-state index in [1.54, 1.807) is 0 Å². The molecule has 2 fully saturated rings. The third-order valence-corrected chi connectivity index (χ3v) is 12.9. The largest absolute Gasteiger partial charge is 0.365 e. The summed E-state index contributed by atoms with van der Waals surface area (Å²) in [6.45, 7) is 7.38. The Morgan fingerprint density at radius 3 is 2.21 bits per heavy atom. The number of imidazole rings is 1. The summed E-state index contributed by atoms with van der Waals surface area (Å²) in [6, 6.07) is -0.0603. The number of benzene rings is 1. The molecule has 4 heterocycles. The van der Waals surface area contributed by atoms with Crippen molar-refractivity contribution in [3.63, 3.8) is 0 Å². The summed E-state index contributed by atoms with van der Waals surface area (Å²) in [5, 5.41) is 4.73. The predicted molar refractivity (Wildman–Crippen MR) is 145 cm³/mol. The standard InChI is InChI=1S/C20H22Br4N6O2S/c1-10-19(11(2)30(27-10)12-3-8-33(31,32)9-12)28-4-6-29(7-5-28)20-25-17-15(23)13(21)14(22)16(24)18(17)26-20/h12H,3-9H2,1-2H3,(H,25,26). The van der Waals surface area contributed by atoms with Crippen LogP contribution in [0.15, 0.2) is 17.9 Å². The zero-order chi connectivity index (χ0) is 23.7. The van der Waals surface area contributed by atoms with Crippen LogP contribution in [0.3, 0.4) is 0 Å². The summed E-state index contributed by atoms with van der Waals surface area (Å²) in [4.78, 5) is 12.9. The number of H-pyrrole nitrogens is 1. The molecule has 178 valence electrons. The first-order chi connectivity index (χ1) is 15.6. The summed E-state index contributed by atoms with van der Waals surface area (Å²) in [6.07, 6.45) is 0.640. The molecule has 1 aromatic carbocycles. The van der Waals surface area contributed by atoms with Gasteiger partial charge in [0.05, 0.1) is 49.1 Å². The van der Waals surface area contributed by atoms with Crippen molar-refractivity contribution in [1.82, 2.24) is 19.7 Å². The van der Waals surface area contributed by atoms with Crippen LogP contribution in [-0.4, -0.2) is 65.9 Å². The highest BCUT2D eigenvalue weighted by atomic mass is 79.9. The van der Waals surface area contributed by atoms with Gasteiger partial charge in [-0.25, -0.2) is 13.4 Å². The number of rotatable bonds is 3. The highest BCUT2D eigenvalue weighted by Crippen LogP contribution is 2.43. The second kappa shape index (κ2) is 8.79. The quantitative estimate of drug-likeness (QED) is 0.298. The minimum absolute atomic E-state index is 0.0603. The van der Waals surface area contributed by atoms with Crippen LogP contribution in [0.4, 0.5) is 11.6 Å². The Bertz CT molecular complexity index is 1320. The normalized spacial score (nSPS) is 20.8. The average molecular weight is 730 g/mol. The molecule has 2 aliphatic rings. The smallest absolute Gasteiger partial charge is 0.204 e. The van der Waals surface area contributed by atoms with Crippen molar-refractivity contribution in [2.24, 2.45) is 0 Å². The van der Waals surface area contributed by atoms with E-state index in [4.69, 9.17) is 10.1 Å². The molecule has 0 spiro atoms. The fourth-order valence-electron chi connectivity index (χ4n) is 4.81. The maximum absolute atomic E-state index is 12.0. The molecular formula is C20H22Br4N6O2S. The monoisotopic (exact) mass is 726 g/mol. The van der Waals surface area contributed by atoms with Crippen LogP contribution in [0.25, 0.3) is 11.0 Å². The number of nitrogens with one attached hydrogen (secondary N) is 1. The highest BCUT2D eigenvalue weighted by Gasteiger charge is 2.33. The topological polar surface area (TPSA) is 87.1 Å². The van der Waals surface area contributed by atoms with Crippen LogP contribution in [0.2, 0.25) is 0 Å². The van der Waals surface area contributed by atoms with E-state index in [9.17, 15) is 8.42 Å². The third-order valence-electron chi connectivity index (χ3n) is 6.43. The Balaban J connectivity index is 1.36. The van der Waals surface area contributed by atoms with Gasteiger partial charge in [-0.1, -0.05) is 0 Å². The summed E-state index contributed by atoms with van der Waals surface area (Å²) < 4.78 is 29.5. The number of aromatic amines is 1. The van der Waals surface area contributed by atoms with Crippen LogP contribution in [0.5, 0.6) is 0 Å². The number of anilines is 2. The van der Waals surface area contributed by atoms with Crippen LogP contribution < -0.4 is 9.80 Å². The van der Waals surface area contributed by atoms with Crippen molar-refractivity contribution < 1.29 is 8.42 Å². The van der Waals surface area contributed by atoms with Gasteiger partial charge in [0.15, 0.2) is 9.84 Å². The van der Waals surface area contributed by atoms with Crippen molar-refractivity contribution >= 4 is 96.2 Å². The van der Waals surface area contributed by atoms with Crippen LogP contribution in [-0.2, 0) is 9.84 Å².